The number of hydrogen-bond acceptors (Lipinski definition) is 7. The Hall–Kier alpha value is -2.24. The molecule has 11 heteroatoms. The van der Waals surface area contributed by atoms with Crippen molar-refractivity contribution in [3.63, 3.8) is 0 Å². The zero-order chi connectivity index (χ0) is 20.3. The third kappa shape index (κ3) is 4.42. The minimum Gasteiger partial charge on any atom is -0.385 e. The summed E-state index contributed by atoms with van der Waals surface area (Å²) in [7, 11) is -3.66. The van der Waals surface area contributed by atoms with Gasteiger partial charge in [-0.05, 0) is 36.3 Å². The number of morpholine rings is 1. The molecule has 28 heavy (non-hydrogen) atoms. The summed E-state index contributed by atoms with van der Waals surface area (Å²) in [4.78, 5) is 18.6. The molecular weight excluding hydrogens is 386 g/mol. The van der Waals surface area contributed by atoms with E-state index in [0.29, 0.717) is 43.3 Å². The lowest BCUT2D eigenvalue weighted by molar-refractivity contribution is -0.127. The number of sulfonamides is 1. The van der Waals surface area contributed by atoms with Crippen molar-refractivity contribution in [3.05, 3.63) is 18.2 Å². The molecule has 0 aliphatic carbocycles. The first-order chi connectivity index (χ1) is 13.3. The van der Waals surface area contributed by atoms with E-state index in [1.54, 1.807) is 6.07 Å². The molecule has 2 heterocycles. The number of carbonyl (C=O) groups excluding carboxylic acids is 1. The van der Waals surface area contributed by atoms with Gasteiger partial charge in [-0.3, -0.25) is 4.79 Å². The van der Waals surface area contributed by atoms with Crippen LogP contribution in [0.1, 0.15) is 20.8 Å². The number of aromatic nitrogens is 3. The number of ether oxygens (including phenoxy) is 1. The highest BCUT2D eigenvalue weighted by molar-refractivity contribution is 7.89. The fraction of sp³-hybridized carbons (Fsp3) is 0.588. The number of nitrogens with zero attached hydrogens (tertiary/aromatic N) is 4. The lowest BCUT2D eigenvalue weighted by Gasteiger charge is -2.26. The average Bonchev–Trinajstić information content (AvgIpc) is 3.09. The van der Waals surface area contributed by atoms with Gasteiger partial charge in [0.2, 0.25) is 10.0 Å². The SMILES string of the molecule is CC(C)[C@H](C)NC(=O)COn1nnc2ccc(S(=O)(=O)N3CCOCC3)cc21. The molecule has 0 spiro atoms. The van der Waals surface area contributed by atoms with Gasteiger partial charge in [-0.2, -0.15) is 4.31 Å². The van der Waals surface area contributed by atoms with Crippen LogP contribution in [0.4, 0.5) is 0 Å². The van der Waals surface area contributed by atoms with Gasteiger partial charge < -0.3 is 14.9 Å². The Bertz CT molecular complexity index is 937. The summed E-state index contributed by atoms with van der Waals surface area (Å²) >= 11 is 0. The molecule has 3 rings (SSSR count). The van der Waals surface area contributed by atoms with Crippen molar-refractivity contribution in [1.29, 1.82) is 0 Å². The van der Waals surface area contributed by atoms with Gasteiger partial charge >= 0.3 is 0 Å². The summed E-state index contributed by atoms with van der Waals surface area (Å²) in [5.74, 6) is 0.00560. The minimum atomic E-state index is -3.66. The van der Waals surface area contributed by atoms with Crippen LogP contribution in [0.5, 0.6) is 0 Å². The van der Waals surface area contributed by atoms with Crippen molar-refractivity contribution >= 4 is 27.0 Å². The van der Waals surface area contributed by atoms with E-state index in [1.807, 2.05) is 20.8 Å². The first-order valence-corrected chi connectivity index (χ1v) is 10.6. The smallest absolute Gasteiger partial charge is 0.260 e. The maximum atomic E-state index is 12.8. The largest absolute Gasteiger partial charge is 0.385 e. The predicted octanol–water partition coefficient (Wildman–Crippen LogP) is 0.0415. The molecule has 1 aromatic carbocycles. The number of hydrogen-bond donors (Lipinski definition) is 1. The molecule has 1 fully saturated rings. The van der Waals surface area contributed by atoms with Crippen molar-refractivity contribution in [1.82, 2.24) is 24.8 Å². The second-order valence-electron chi connectivity index (χ2n) is 7.00. The highest BCUT2D eigenvalue weighted by atomic mass is 32.2. The molecule has 1 N–H and O–H groups in total. The molecule has 10 nitrogen and oxygen atoms in total. The Morgan fingerprint density at radius 1 is 1.29 bits per heavy atom. The van der Waals surface area contributed by atoms with Crippen molar-refractivity contribution in [2.45, 2.75) is 31.7 Å². The van der Waals surface area contributed by atoms with Crippen LogP contribution in [-0.2, 0) is 19.6 Å². The Kier molecular flexibility index (Phi) is 6.16. The maximum absolute atomic E-state index is 12.8. The Morgan fingerprint density at radius 2 is 2.00 bits per heavy atom. The maximum Gasteiger partial charge on any atom is 0.260 e. The van der Waals surface area contributed by atoms with Crippen LogP contribution in [0, 0.1) is 5.92 Å². The molecule has 0 radical (unpaired) electrons. The topological polar surface area (TPSA) is 116 Å². The minimum absolute atomic E-state index is 0.00820. The molecule has 1 amide bonds. The number of benzene rings is 1. The molecular formula is C17H25N5O5S. The quantitative estimate of drug-likeness (QED) is 0.684. The van der Waals surface area contributed by atoms with Crippen LogP contribution in [0.25, 0.3) is 11.0 Å². The van der Waals surface area contributed by atoms with Gasteiger partial charge in [-0.15, -0.1) is 5.10 Å². The summed E-state index contributed by atoms with van der Waals surface area (Å²) in [5, 5.41) is 10.6. The first kappa shape index (κ1) is 20.5. The number of fused-ring (bicyclic) bond motifs is 1. The molecule has 2 aromatic rings. The third-order valence-electron chi connectivity index (χ3n) is 4.70. The lowest BCUT2D eigenvalue weighted by Crippen LogP contribution is -2.40. The monoisotopic (exact) mass is 411 g/mol. The second kappa shape index (κ2) is 8.41. The van der Waals surface area contributed by atoms with E-state index in [2.05, 4.69) is 15.6 Å². The van der Waals surface area contributed by atoms with Crippen LogP contribution in [-0.4, -0.2) is 72.7 Å². The molecule has 1 aliphatic heterocycles. The third-order valence-corrected chi connectivity index (χ3v) is 6.60. The number of rotatable bonds is 7. The zero-order valence-electron chi connectivity index (χ0n) is 16.2. The fourth-order valence-electron chi connectivity index (χ4n) is 2.65. The van der Waals surface area contributed by atoms with E-state index in [4.69, 9.17) is 9.57 Å². The highest BCUT2D eigenvalue weighted by Gasteiger charge is 2.27. The summed E-state index contributed by atoms with van der Waals surface area (Å²) in [5.41, 5.74) is 0.843. The van der Waals surface area contributed by atoms with Gasteiger partial charge in [0, 0.05) is 19.1 Å². The van der Waals surface area contributed by atoms with Gasteiger partial charge in [0.25, 0.3) is 5.91 Å². The molecule has 0 bridgehead atoms. The van der Waals surface area contributed by atoms with Crippen LogP contribution in [0.3, 0.4) is 0 Å². The summed E-state index contributed by atoms with van der Waals surface area (Å²) < 4.78 is 32.3. The first-order valence-electron chi connectivity index (χ1n) is 9.15. The van der Waals surface area contributed by atoms with Gasteiger partial charge in [-0.1, -0.05) is 18.7 Å². The highest BCUT2D eigenvalue weighted by Crippen LogP contribution is 2.21. The normalized spacial score (nSPS) is 17.0. The Labute approximate surface area is 163 Å². The van der Waals surface area contributed by atoms with Gasteiger partial charge in [0.15, 0.2) is 6.61 Å². The van der Waals surface area contributed by atoms with E-state index in [1.165, 1.54) is 16.4 Å². The lowest BCUT2D eigenvalue weighted by atomic mass is 10.1. The fourth-order valence-corrected chi connectivity index (χ4v) is 4.08. The van der Waals surface area contributed by atoms with Crippen molar-refractivity contribution in [2.24, 2.45) is 5.92 Å². The summed E-state index contributed by atoms with van der Waals surface area (Å²) in [6.45, 7) is 7.03. The number of amides is 1. The predicted molar refractivity (Wildman–Crippen MR) is 101 cm³/mol. The molecule has 154 valence electrons. The van der Waals surface area contributed by atoms with Crippen LogP contribution >= 0.6 is 0 Å². The van der Waals surface area contributed by atoms with E-state index < -0.39 is 10.0 Å². The van der Waals surface area contributed by atoms with E-state index in [0.717, 1.165) is 4.85 Å². The standard InChI is InChI=1S/C17H25N5O5S/c1-12(2)13(3)18-17(23)11-27-22-16-10-14(4-5-15(16)19-20-22)28(24,25)21-6-8-26-9-7-21/h4-5,10,12-13H,6-9,11H2,1-3H3,(H,18,23)/t13-/m0/s1. The zero-order valence-corrected chi connectivity index (χ0v) is 17.0. The molecule has 0 saturated carbocycles. The molecule has 1 atom stereocenters. The summed E-state index contributed by atoms with van der Waals surface area (Å²) in [6.07, 6.45) is 0. The van der Waals surface area contributed by atoms with Crippen LogP contribution in [0.2, 0.25) is 0 Å². The van der Waals surface area contributed by atoms with Gasteiger partial charge in [-0.25, -0.2) is 8.42 Å². The average molecular weight is 411 g/mol. The Balaban J connectivity index is 1.76. The van der Waals surface area contributed by atoms with Crippen LogP contribution in [0.15, 0.2) is 23.1 Å². The Morgan fingerprint density at radius 3 is 2.68 bits per heavy atom. The molecule has 1 saturated heterocycles. The van der Waals surface area contributed by atoms with Crippen LogP contribution < -0.4 is 10.2 Å². The molecule has 0 unspecified atom stereocenters. The molecule has 1 aromatic heterocycles. The van der Waals surface area contributed by atoms with E-state index in [-0.39, 0.29) is 23.5 Å². The van der Waals surface area contributed by atoms with E-state index in [9.17, 15) is 13.2 Å². The van der Waals surface area contributed by atoms with Crippen molar-refractivity contribution < 1.29 is 22.8 Å². The number of nitrogens with one attached hydrogen (secondary N) is 1. The number of carbonyl (C=O) groups is 1. The van der Waals surface area contributed by atoms with Crippen molar-refractivity contribution in [3.8, 4) is 0 Å². The van der Waals surface area contributed by atoms with Gasteiger partial charge in [0.05, 0.1) is 18.1 Å². The summed E-state index contributed by atoms with van der Waals surface area (Å²) in [6, 6.07) is 4.52. The second-order valence-corrected chi connectivity index (χ2v) is 8.94. The van der Waals surface area contributed by atoms with Crippen molar-refractivity contribution in [2.75, 3.05) is 32.9 Å². The van der Waals surface area contributed by atoms with E-state index >= 15 is 0 Å². The molecule has 1 aliphatic rings. The van der Waals surface area contributed by atoms with Gasteiger partial charge in [0.1, 0.15) is 11.0 Å².